The SMILES string of the molecule is CC(C(=NC1C2CC3CC1CC(O)(C3)C2)NC#N)N1CCN(c2ccc(C(F)(F)F)cn2)CC1. The minimum atomic E-state index is -4.39. The lowest BCUT2D eigenvalue weighted by molar-refractivity contribution is -0.137. The van der Waals surface area contributed by atoms with Gasteiger partial charge in [-0.1, -0.05) is 0 Å². The van der Waals surface area contributed by atoms with Crippen molar-refractivity contribution in [2.75, 3.05) is 31.1 Å². The number of nitriles is 1. The lowest BCUT2D eigenvalue weighted by Gasteiger charge is -2.57. The Morgan fingerprint density at radius 2 is 1.88 bits per heavy atom. The van der Waals surface area contributed by atoms with Crippen LogP contribution >= 0.6 is 0 Å². The molecule has 1 aliphatic heterocycles. The molecule has 2 N–H and O–H groups in total. The van der Waals surface area contributed by atoms with Crippen LogP contribution in [0.4, 0.5) is 19.0 Å². The maximum Gasteiger partial charge on any atom is 0.417 e. The normalized spacial score (nSPS) is 34.7. The summed E-state index contributed by atoms with van der Waals surface area (Å²) in [5, 5.41) is 23.1. The van der Waals surface area contributed by atoms with E-state index >= 15 is 0 Å². The molecule has 1 aromatic rings. The first-order valence-electron chi connectivity index (χ1n) is 12.1. The molecule has 2 heterocycles. The quantitative estimate of drug-likeness (QED) is 0.301. The molecule has 0 spiro atoms. The molecule has 4 aliphatic carbocycles. The Bertz CT molecular complexity index is 950. The maximum absolute atomic E-state index is 12.8. The third-order valence-electron chi connectivity index (χ3n) is 8.32. The van der Waals surface area contributed by atoms with E-state index in [9.17, 15) is 23.5 Å². The molecular weight excluding hydrogens is 445 g/mol. The second-order valence-electron chi connectivity index (χ2n) is 10.5. The van der Waals surface area contributed by atoms with Crippen LogP contribution in [0.15, 0.2) is 23.3 Å². The molecule has 34 heavy (non-hydrogen) atoms. The number of hydrogen-bond donors (Lipinski definition) is 2. The van der Waals surface area contributed by atoms with Crippen molar-refractivity contribution in [3.63, 3.8) is 0 Å². The molecule has 3 unspecified atom stereocenters. The van der Waals surface area contributed by atoms with E-state index in [0.717, 1.165) is 44.4 Å². The highest BCUT2D eigenvalue weighted by Gasteiger charge is 2.55. The van der Waals surface area contributed by atoms with Crippen LogP contribution in [0.5, 0.6) is 0 Å². The number of anilines is 1. The van der Waals surface area contributed by atoms with E-state index in [-0.39, 0.29) is 12.1 Å². The Balaban J connectivity index is 1.24. The predicted octanol–water partition coefficient (Wildman–Crippen LogP) is 3.02. The van der Waals surface area contributed by atoms with Crippen LogP contribution in [0.3, 0.4) is 0 Å². The summed E-state index contributed by atoms with van der Waals surface area (Å²) in [6.45, 7) is 4.68. The zero-order chi connectivity index (χ0) is 24.1. The number of amidine groups is 1. The van der Waals surface area contributed by atoms with Gasteiger partial charge in [0.05, 0.1) is 23.2 Å². The monoisotopic (exact) mass is 476 g/mol. The Kier molecular flexibility index (Phi) is 5.97. The van der Waals surface area contributed by atoms with E-state index in [1.165, 1.54) is 6.07 Å². The molecule has 0 amide bonds. The van der Waals surface area contributed by atoms with Gasteiger partial charge in [0, 0.05) is 32.4 Å². The smallest absolute Gasteiger partial charge is 0.390 e. The molecule has 7 nitrogen and oxygen atoms in total. The molecule has 5 aliphatic rings. The third kappa shape index (κ3) is 4.48. The van der Waals surface area contributed by atoms with Gasteiger partial charge in [0.15, 0.2) is 6.19 Å². The summed E-state index contributed by atoms with van der Waals surface area (Å²) >= 11 is 0. The van der Waals surface area contributed by atoms with Gasteiger partial charge >= 0.3 is 6.18 Å². The standard InChI is InChI=1S/C24H31F3N6O/c1-15(32-4-6-33(7-5-32)20-3-2-19(13-29-20)24(25,26)27)22(30-14-28)31-21-17-8-16-9-18(21)12-23(34,10-16)11-17/h2-3,13,15-18,21,34H,4-12H2,1H3,(H,30,31). The number of nitrogens with one attached hydrogen (secondary N) is 1. The Labute approximate surface area is 197 Å². The van der Waals surface area contributed by atoms with Crippen molar-refractivity contribution in [3.05, 3.63) is 23.9 Å². The van der Waals surface area contributed by atoms with Gasteiger partial charge in [0.25, 0.3) is 0 Å². The van der Waals surface area contributed by atoms with E-state index in [2.05, 4.69) is 21.4 Å². The minimum absolute atomic E-state index is 0.0809. The van der Waals surface area contributed by atoms with Crippen molar-refractivity contribution in [2.24, 2.45) is 22.7 Å². The first kappa shape index (κ1) is 23.4. The number of alkyl halides is 3. The fourth-order valence-electron chi connectivity index (χ4n) is 6.88. The summed E-state index contributed by atoms with van der Waals surface area (Å²) in [6, 6.07) is 2.56. The lowest BCUT2D eigenvalue weighted by atomic mass is 9.52. The van der Waals surface area contributed by atoms with Gasteiger partial charge in [-0.05, 0) is 68.9 Å². The summed E-state index contributed by atoms with van der Waals surface area (Å²) in [5.74, 6) is 2.57. The molecule has 0 radical (unpaired) electrons. The molecule has 3 atom stereocenters. The van der Waals surface area contributed by atoms with E-state index in [4.69, 9.17) is 4.99 Å². The summed E-state index contributed by atoms with van der Waals surface area (Å²) in [6.07, 6.45) is 3.30. The first-order valence-corrected chi connectivity index (χ1v) is 12.1. The molecule has 0 aromatic carbocycles. The van der Waals surface area contributed by atoms with Crippen molar-refractivity contribution >= 4 is 11.7 Å². The molecular formula is C24H31F3N6O. The number of halogens is 3. The zero-order valence-electron chi connectivity index (χ0n) is 19.3. The zero-order valence-corrected chi connectivity index (χ0v) is 19.3. The number of pyridine rings is 1. The highest BCUT2D eigenvalue weighted by molar-refractivity contribution is 5.88. The number of aliphatic imine (C=N–C) groups is 1. The van der Waals surface area contributed by atoms with Gasteiger partial charge in [-0.3, -0.25) is 15.2 Å². The van der Waals surface area contributed by atoms with Crippen LogP contribution in [-0.4, -0.2) is 64.7 Å². The average Bonchev–Trinajstić information content (AvgIpc) is 2.79. The van der Waals surface area contributed by atoms with Crippen LogP contribution in [0.1, 0.15) is 44.6 Å². The molecule has 4 saturated carbocycles. The van der Waals surface area contributed by atoms with Gasteiger partial charge in [-0.15, -0.1) is 0 Å². The van der Waals surface area contributed by atoms with Gasteiger partial charge < -0.3 is 10.0 Å². The van der Waals surface area contributed by atoms with Gasteiger partial charge in [-0.2, -0.15) is 18.4 Å². The number of nitrogens with zero attached hydrogens (tertiary/aromatic N) is 5. The fourth-order valence-corrected chi connectivity index (χ4v) is 6.88. The summed E-state index contributed by atoms with van der Waals surface area (Å²) in [7, 11) is 0. The maximum atomic E-state index is 12.8. The van der Waals surface area contributed by atoms with Gasteiger partial charge in [0.2, 0.25) is 0 Å². The second-order valence-corrected chi connectivity index (χ2v) is 10.5. The van der Waals surface area contributed by atoms with Crippen molar-refractivity contribution in [1.82, 2.24) is 15.2 Å². The molecule has 6 rings (SSSR count). The van der Waals surface area contributed by atoms with Gasteiger partial charge in [-0.25, -0.2) is 4.98 Å². The molecule has 4 bridgehead atoms. The molecule has 184 valence electrons. The van der Waals surface area contributed by atoms with Crippen LogP contribution in [0, 0.1) is 29.2 Å². The van der Waals surface area contributed by atoms with Crippen molar-refractivity contribution < 1.29 is 18.3 Å². The summed E-state index contributed by atoms with van der Waals surface area (Å²) < 4.78 is 38.4. The number of piperazine rings is 1. The molecule has 5 fully saturated rings. The number of hydrogen-bond acceptors (Lipinski definition) is 6. The topological polar surface area (TPSA) is 87.8 Å². The average molecular weight is 477 g/mol. The third-order valence-corrected chi connectivity index (χ3v) is 8.32. The Morgan fingerprint density at radius 1 is 1.21 bits per heavy atom. The van der Waals surface area contributed by atoms with E-state index in [1.54, 1.807) is 0 Å². The number of aliphatic hydroxyl groups is 1. The highest BCUT2D eigenvalue weighted by atomic mass is 19.4. The van der Waals surface area contributed by atoms with Crippen molar-refractivity contribution in [2.45, 2.75) is 62.9 Å². The number of rotatable bonds is 4. The van der Waals surface area contributed by atoms with E-state index < -0.39 is 17.3 Å². The largest absolute Gasteiger partial charge is 0.417 e. The van der Waals surface area contributed by atoms with Crippen LogP contribution in [-0.2, 0) is 6.18 Å². The first-order chi connectivity index (χ1) is 16.1. The Hall–Kier alpha value is -2.38. The summed E-state index contributed by atoms with van der Waals surface area (Å²) in [4.78, 5) is 13.3. The molecule has 1 saturated heterocycles. The van der Waals surface area contributed by atoms with E-state index in [0.29, 0.717) is 55.6 Å². The lowest BCUT2D eigenvalue weighted by Crippen LogP contribution is -2.57. The van der Waals surface area contributed by atoms with Crippen LogP contribution in [0.25, 0.3) is 0 Å². The molecule has 10 heteroatoms. The fraction of sp³-hybridized carbons (Fsp3) is 0.708. The highest BCUT2D eigenvalue weighted by Crippen LogP contribution is 2.56. The van der Waals surface area contributed by atoms with Crippen molar-refractivity contribution in [3.8, 4) is 6.19 Å². The van der Waals surface area contributed by atoms with Gasteiger partial charge in [0.1, 0.15) is 11.7 Å². The number of aromatic nitrogens is 1. The van der Waals surface area contributed by atoms with Crippen LogP contribution < -0.4 is 10.2 Å². The van der Waals surface area contributed by atoms with E-state index in [1.807, 2.05) is 11.8 Å². The molecule has 1 aromatic heterocycles. The Morgan fingerprint density at radius 3 is 2.41 bits per heavy atom. The predicted molar refractivity (Wildman–Crippen MR) is 121 cm³/mol. The summed E-state index contributed by atoms with van der Waals surface area (Å²) in [5.41, 5.74) is -1.26. The van der Waals surface area contributed by atoms with Crippen LogP contribution in [0.2, 0.25) is 0 Å². The van der Waals surface area contributed by atoms with Crippen molar-refractivity contribution in [1.29, 1.82) is 5.26 Å². The minimum Gasteiger partial charge on any atom is -0.390 e. The second kappa shape index (κ2) is 8.68.